The second-order valence-corrected chi connectivity index (χ2v) is 5.42. The van der Waals surface area contributed by atoms with E-state index < -0.39 is 31.0 Å². The normalized spacial score (nSPS) is 10.2. The van der Waals surface area contributed by atoms with Gasteiger partial charge < -0.3 is 18.9 Å². The summed E-state index contributed by atoms with van der Waals surface area (Å²) in [4.78, 5) is 36.0. The first-order valence-electron chi connectivity index (χ1n) is 8.12. The fourth-order valence-corrected chi connectivity index (χ4v) is 2.20. The average molecular weight is 409 g/mol. The highest BCUT2D eigenvalue weighted by atomic mass is 19.3. The number of imide groups is 1. The van der Waals surface area contributed by atoms with Gasteiger partial charge in [0.2, 0.25) is 0 Å². The maximum absolute atomic E-state index is 12.1. The van der Waals surface area contributed by atoms with Crippen LogP contribution in [0.2, 0.25) is 0 Å². The van der Waals surface area contributed by atoms with Crippen molar-refractivity contribution in [2.24, 2.45) is 0 Å². The van der Waals surface area contributed by atoms with Crippen molar-refractivity contribution in [3.8, 4) is 17.2 Å². The van der Waals surface area contributed by atoms with Crippen LogP contribution in [0.15, 0.2) is 42.5 Å². The number of alkyl halides is 2. The molecule has 154 valence electrons. The molecule has 0 saturated carbocycles. The third kappa shape index (κ3) is 6.16. The SMILES string of the molecule is COc1ccc(C(=O)OCC(=O)NC(=O)c2ccc(OC(F)F)cc2)c(OC)c1. The smallest absolute Gasteiger partial charge is 0.387 e. The molecule has 2 amide bonds. The van der Waals surface area contributed by atoms with Crippen molar-refractivity contribution in [3.05, 3.63) is 53.6 Å². The summed E-state index contributed by atoms with van der Waals surface area (Å²) >= 11 is 0. The van der Waals surface area contributed by atoms with Crippen LogP contribution < -0.4 is 19.5 Å². The molecule has 0 spiro atoms. The van der Waals surface area contributed by atoms with E-state index in [1.165, 1.54) is 44.6 Å². The Morgan fingerprint density at radius 2 is 1.62 bits per heavy atom. The van der Waals surface area contributed by atoms with E-state index in [1.807, 2.05) is 5.32 Å². The van der Waals surface area contributed by atoms with Crippen LogP contribution in [0, 0.1) is 0 Å². The van der Waals surface area contributed by atoms with Crippen LogP contribution in [0.4, 0.5) is 8.78 Å². The Kier molecular flexibility index (Phi) is 7.47. The lowest BCUT2D eigenvalue weighted by Gasteiger charge is -2.10. The van der Waals surface area contributed by atoms with Gasteiger partial charge in [-0.3, -0.25) is 14.9 Å². The van der Waals surface area contributed by atoms with E-state index in [-0.39, 0.29) is 22.6 Å². The van der Waals surface area contributed by atoms with Crippen LogP contribution >= 0.6 is 0 Å². The zero-order chi connectivity index (χ0) is 21.4. The zero-order valence-electron chi connectivity index (χ0n) is 15.4. The van der Waals surface area contributed by atoms with E-state index in [1.54, 1.807) is 0 Å². The number of carbonyl (C=O) groups excluding carboxylic acids is 3. The highest BCUT2D eigenvalue weighted by Gasteiger charge is 2.18. The van der Waals surface area contributed by atoms with Crippen molar-refractivity contribution < 1.29 is 42.1 Å². The number of amides is 2. The predicted octanol–water partition coefficient (Wildman–Crippen LogP) is 2.42. The number of methoxy groups -OCH3 is 2. The van der Waals surface area contributed by atoms with E-state index in [9.17, 15) is 23.2 Å². The molecule has 0 radical (unpaired) electrons. The number of esters is 1. The summed E-state index contributed by atoms with van der Waals surface area (Å²) in [5.41, 5.74) is 0.102. The Hall–Kier alpha value is -3.69. The van der Waals surface area contributed by atoms with Crippen LogP contribution in [-0.2, 0) is 9.53 Å². The number of hydrogen-bond donors (Lipinski definition) is 1. The Balaban J connectivity index is 1.90. The van der Waals surface area contributed by atoms with Gasteiger partial charge in [0.1, 0.15) is 22.8 Å². The largest absolute Gasteiger partial charge is 0.497 e. The minimum Gasteiger partial charge on any atom is -0.497 e. The summed E-state index contributed by atoms with van der Waals surface area (Å²) in [5.74, 6) is -1.98. The van der Waals surface area contributed by atoms with Crippen LogP contribution in [0.3, 0.4) is 0 Å². The highest BCUT2D eigenvalue weighted by Crippen LogP contribution is 2.25. The molecule has 0 fully saturated rings. The maximum Gasteiger partial charge on any atom is 0.387 e. The number of nitrogens with one attached hydrogen (secondary N) is 1. The molecule has 0 unspecified atom stereocenters. The number of rotatable bonds is 8. The van der Waals surface area contributed by atoms with Gasteiger partial charge in [0.05, 0.1) is 14.2 Å². The maximum atomic E-state index is 12.1. The molecular weight excluding hydrogens is 392 g/mol. The van der Waals surface area contributed by atoms with Gasteiger partial charge in [-0.25, -0.2) is 4.79 Å². The molecule has 0 saturated heterocycles. The van der Waals surface area contributed by atoms with Crippen molar-refractivity contribution in [2.45, 2.75) is 6.61 Å². The highest BCUT2D eigenvalue weighted by molar-refractivity contribution is 6.05. The lowest BCUT2D eigenvalue weighted by molar-refractivity contribution is -0.123. The van der Waals surface area contributed by atoms with Crippen molar-refractivity contribution in [1.82, 2.24) is 5.32 Å². The molecular formula is C19H17F2NO7. The van der Waals surface area contributed by atoms with Gasteiger partial charge >= 0.3 is 12.6 Å². The van der Waals surface area contributed by atoms with E-state index in [4.69, 9.17) is 14.2 Å². The molecule has 8 nitrogen and oxygen atoms in total. The Morgan fingerprint density at radius 1 is 0.966 bits per heavy atom. The fraction of sp³-hybridized carbons (Fsp3) is 0.211. The van der Waals surface area contributed by atoms with E-state index in [0.29, 0.717) is 5.75 Å². The summed E-state index contributed by atoms with van der Waals surface area (Å²) in [6, 6.07) is 9.12. The van der Waals surface area contributed by atoms with Crippen LogP contribution in [0.1, 0.15) is 20.7 Å². The first kappa shape index (κ1) is 21.6. The van der Waals surface area contributed by atoms with Gasteiger partial charge in [-0.15, -0.1) is 0 Å². The summed E-state index contributed by atoms with van der Waals surface area (Å²) in [5, 5.41) is 2.01. The molecule has 0 bridgehead atoms. The van der Waals surface area contributed by atoms with E-state index in [2.05, 4.69) is 4.74 Å². The first-order chi connectivity index (χ1) is 13.8. The van der Waals surface area contributed by atoms with Crippen molar-refractivity contribution in [2.75, 3.05) is 20.8 Å². The van der Waals surface area contributed by atoms with Gasteiger partial charge in [0.25, 0.3) is 11.8 Å². The summed E-state index contributed by atoms with van der Waals surface area (Å²) in [6.07, 6.45) is 0. The molecule has 1 N–H and O–H groups in total. The second-order valence-electron chi connectivity index (χ2n) is 5.42. The molecule has 10 heteroatoms. The Labute approximate surface area is 164 Å². The summed E-state index contributed by atoms with van der Waals surface area (Å²) in [6.45, 7) is -3.71. The molecule has 2 rings (SSSR count). The number of benzene rings is 2. The Morgan fingerprint density at radius 3 is 2.21 bits per heavy atom. The number of halogens is 2. The molecule has 0 aromatic heterocycles. The van der Waals surface area contributed by atoms with Gasteiger partial charge in [-0.2, -0.15) is 8.78 Å². The second kappa shape index (κ2) is 10.0. The van der Waals surface area contributed by atoms with Gasteiger partial charge in [-0.1, -0.05) is 0 Å². The lowest BCUT2D eigenvalue weighted by Crippen LogP contribution is -2.34. The molecule has 0 heterocycles. The van der Waals surface area contributed by atoms with Crippen LogP contribution in [0.25, 0.3) is 0 Å². The fourth-order valence-electron chi connectivity index (χ4n) is 2.20. The number of ether oxygens (including phenoxy) is 4. The predicted molar refractivity (Wildman–Crippen MR) is 95.4 cm³/mol. The molecule has 2 aromatic rings. The lowest BCUT2D eigenvalue weighted by atomic mass is 10.2. The standard InChI is InChI=1S/C19H17F2NO7/c1-26-13-7-8-14(15(9-13)27-2)18(25)28-10-16(23)22-17(24)11-3-5-12(6-4-11)29-19(20)21/h3-9,19H,10H2,1-2H3,(H,22,23,24). The van der Waals surface area contributed by atoms with Gasteiger partial charge in [0.15, 0.2) is 6.61 Å². The minimum atomic E-state index is -2.99. The summed E-state index contributed by atoms with van der Waals surface area (Å²) in [7, 11) is 2.81. The van der Waals surface area contributed by atoms with Crippen LogP contribution in [0.5, 0.6) is 17.2 Å². The van der Waals surface area contributed by atoms with Gasteiger partial charge in [0, 0.05) is 11.6 Å². The average Bonchev–Trinajstić information content (AvgIpc) is 2.71. The number of carbonyl (C=O) groups is 3. The van der Waals surface area contributed by atoms with Crippen LogP contribution in [-0.4, -0.2) is 45.2 Å². The Bertz CT molecular complexity index is 885. The van der Waals surface area contributed by atoms with Crippen molar-refractivity contribution >= 4 is 17.8 Å². The molecule has 2 aromatic carbocycles. The van der Waals surface area contributed by atoms with E-state index in [0.717, 1.165) is 12.1 Å². The number of hydrogen-bond acceptors (Lipinski definition) is 7. The molecule has 29 heavy (non-hydrogen) atoms. The third-order valence-corrected chi connectivity index (χ3v) is 3.56. The minimum absolute atomic E-state index is 0.0307. The van der Waals surface area contributed by atoms with Gasteiger partial charge in [-0.05, 0) is 36.4 Å². The monoisotopic (exact) mass is 409 g/mol. The zero-order valence-corrected chi connectivity index (χ0v) is 15.4. The molecule has 0 atom stereocenters. The summed E-state index contributed by atoms with van der Waals surface area (Å²) < 4.78 is 43.4. The quantitative estimate of drug-likeness (QED) is 0.669. The first-order valence-corrected chi connectivity index (χ1v) is 8.12. The van der Waals surface area contributed by atoms with Crippen molar-refractivity contribution in [1.29, 1.82) is 0 Å². The third-order valence-electron chi connectivity index (χ3n) is 3.56. The topological polar surface area (TPSA) is 100 Å². The van der Waals surface area contributed by atoms with Crippen molar-refractivity contribution in [3.63, 3.8) is 0 Å². The molecule has 0 aliphatic rings. The van der Waals surface area contributed by atoms with E-state index >= 15 is 0 Å². The molecule has 0 aliphatic heterocycles. The molecule has 0 aliphatic carbocycles.